The molecule has 1 saturated carbocycles. The molecule has 2 heteroatoms. The Morgan fingerprint density at radius 1 is 1.07 bits per heavy atom. The lowest BCUT2D eigenvalue weighted by Crippen LogP contribution is -2.69. The van der Waals surface area contributed by atoms with Crippen LogP contribution in [0.1, 0.15) is 33.6 Å². The van der Waals surface area contributed by atoms with Gasteiger partial charge in [-0.2, -0.15) is 0 Å². The van der Waals surface area contributed by atoms with Crippen molar-refractivity contribution in [3.05, 3.63) is 0 Å². The van der Waals surface area contributed by atoms with Gasteiger partial charge in [-0.05, 0) is 39.0 Å². The summed E-state index contributed by atoms with van der Waals surface area (Å²) in [6.45, 7) is 12.4. The van der Waals surface area contributed by atoms with E-state index in [1.807, 2.05) is 0 Å². The molecule has 3 fully saturated rings. The van der Waals surface area contributed by atoms with E-state index in [9.17, 15) is 0 Å². The second kappa shape index (κ2) is 2.53. The average Bonchev–Trinajstić information content (AvgIpc) is 2.57. The SMILES string of the molecule is CC(C)(C)N1CC(N2CC3(CC3)C2)C1. The second-order valence-corrected chi connectivity index (χ2v) is 6.63. The Balaban J connectivity index is 1.47. The van der Waals surface area contributed by atoms with E-state index in [-0.39, 0.29) is 0 Å². The van der Waals surface area contributed by atoms with Crippen LogP contribution in [0.3, 0.4) is 0 Å². The smallest absolute Gasteiger partial charge is 0.0351 e. The third-order valence-corrected chi connectivity index (χ3v) is 4.36. The van der Waals surface area contributed by atoms with Crippen LogP contribution in [-0.2, 0) is 0 Å². The lowest BCUT2D eigenvalue weighted by Gasteiger charge is -2.56. The molecule has 0 aromatic heterocycles. The Bertz CT molecular complexity index is 236. The van der Waals surface area contributed by atoms with Gasteiger partial charge >= 0.3 is 0 Å². The Labute approximate surface area is 87.3 Å². The van der Waals surface area contributed by atoms with Crippen molar-refractivity contribution in [2.75, 3.05) is 26.2 Å². The van der Waals surface area contributed by atoms with E-state index < -0.39 is 0 Å². The molecule has 0 radical (unpaired) electrons. The molecule has 0 aromatic carbocycles. The highest BCUT2D eigenvalue weighted by Crippen LogP contribution is 2.54. The van der Waals surface area contributed by atoms with E-state index in [4.69, 9.17) is 0 Å². The average molecular weight is 194 g/mol. The van der Waals surface area contributed by atoms with Gasteiger partial charge in [0.1, 0.15) is 0 Å². The van der Waals surface area contributed by atoms with Crippen LogP contribution in [0.2, 0.25) is 0 Å². The topological polar surface area (TPSA) is 6.48 Å². The van der Waals surface area contributed by atoms with Gasteiger partial charge in [0, 0.05) is 37.8 Å². The first-order valence-corrected chi connectivity index (χ1v) is 5.98. The Hall–Kier alpha value is -0.0800. The minimum Gasteiger partial charge on any atom is -0.297 e. The predicted molar refractivity (Wildman–Crippen MR) is 58.4 cm³/mol. The zero-order valence-electron chi connectivity index (χ0n) is 9.71. The molecule has 2 heterocycles. The standard InChI is InChI=1S/C12H22N2/c1-11(2,3)14-6-10(7-14)13-8-12(9-13)4-5-12/h10H,4-9H2,1-3H3. The minimum absolute atomic E-state index is 0.388. The van der Waals surface area contributed by atoms with Gasteiger partial charge in [0.15, 0.2) is 0 Å². The molecule has 2 nitrogen and oxygen atoms in total. The first-order chi connectivity index (χ1) is 6.49. The van der Waals surface area contributed by atoms with Crippen molar-refractivity contribution in [2.45, 2.75) is 45.2 Å². The van der Waals surface area contributed by atoms with Crippen LogP contribution in [0.25, 0.3) is 0 Å². The van der Waals surface area contributed by atoms with Gasteiger partial charge in [-0.1, -0.05) is 0 Å². The highest BCUT2D eigenvalue weighted by molar-refractivity contribution is 5.09. The number of likely N-dealkylation sites (tertiary alicyclic amines) is 2. The molecule has 0 bridgehead atoms. The van der Waals surface area contributed by atoms with Gasteiger partial charge in [-0.3, -0.25) is 9.80 Å². The monoisotopic (exact) mass is 194 g/mol. The van der Waals surface area contributed by atoms with Crippen LogP contribution in [0.4, 0.5) is 0 Å². The van der Waals surface area contributed by atoms with E-state index in [1.165, 1.54) is 39.0 Å². The largest absolute Gasteiger partial charge is 0.297 e. The Morgan fingerprint density at radius 3 is 2.07 bits per heavy atom. The summed E-state index contributed by atoms with van der Waals surface area (Å²) in [6.07, 6.45) is 3.03. The Morgan fingerprint density at radius 2 is 1.64 bits per heavy atom. The fourth-order valence-electron chi connectivity index (χ4n) is 2.80. The molecule has 3 aliphatic rings. The summed E-state index contributed by atoms with van der Waals surface area (Å²) in [7, 11) is 0. The third kappa shape index (κ3) is 1.31. The minimum atomic E-state index is 0.388. The predicted octanol–water partition coefficient (Wildman–Crippen LogP) is 1.56. The van der Waals surface area contributed by atoms with E-state index in [0.717, 1.165) is 11.5 Å². The molecule has 0 unspecified atom stereocenters. The molecule has 2 saturated heterocycles. The molecule has 1 spiro atoms. The van der Waals surface area contributed by atoms with E-state index in [0.29, 0.717) is 5.54 Å². The van der Waals surface area contributed by atoms with E-state index in [1.54, 1.807) is 0 Å². The molecular formula is C12H22N2. The van der Waals surface area contributed by atoms with Crippen molar-refractivity contribution in [2.24, 2.45) is 5.41 Å². The second-order valence-electron chi connectivity index (χ2n) is 6.63. The number of nitrogens with zero attached hydrogens (tertiary/aromatic N) is 2. The van der Waals surface area contributed by atoms with Crippen molar-refractivity contribution in [1.82, 2.24) is 9.80 Å². The maximum atomic E-state index is 2.70. The fraction of sp³-hybridized carbons (Fsp3) is 1.00. The molecule has 0 atom stereocenters. The molecular weight excluding hydrogens is 172 g/mol. The molecule has 0 N–H and O–H groups in total. The molecule has 2 aliphatic heterocycles. The van der Waals surface area contributed by atoms with Gasteiger partial charge < -0.3 is 0 Å². The maximum absolute atomic E-state index is 2.70. The van der Waals surface area contributed by atoms with E-state index >= 15 is 0 Å². The van der Waals surface area contributed by atoms with E-state index in [2.05, 4.69) is 30.6 Å². The van der Waals surface area contributed by atoms with Crippen LogP contribution in [0.15, 0.2) is 0 Å². The molecule has 0 aromatic rings. The molecule has 3 rings (SSSR count). The maximum Gasteiger partial charge on any atom is 0.0351 e. The lowest BCUT2D eigenvalue weighted by atomic mass is 9.89. The first kappa shape index (κ1) is 9.17. The number of rotatable bonds is 1. The highest BCUT2D eigenvalue weighted by atomic mass is 15.4. The quantitative estimate of drug-likeness (QED) is 0.625. The van der Waals surface area contributed by atoms with Crippen molar-refractivity contribution in [3.8, 4) is 0 Å². The third-order valence-electron chi connectivity index (χ3n) is 4.36. The van der Waals surface area contributed by atoms with Crippen LogP contribution in [0.5, 0.6) is 0 Å². The van der Waals surface area contributed by atoms with Gasteiger partial charge in [0.25, 0.3) is 0 Å². The van der Waals surface area contributed by atoms with Crippen molar-refractivity contribution in [3.63, 3.8) is 0 Å². The van der Waals surface area contributed by atoms with Gasteiger partial charge in [0.05, 0.1) is 0 Å². The molecule has 0 amide bonds. The van der Waals surface area contributed by atoms with Crippen molar-refractivity contribution in [1.29, 1.82) is 0 Å². The molecule has 14 heavy (non-hydrogen) atoms. The fourth-order valence-corrected chi connectivity index (χ4v) is 2.80. The van der Waals surface area contributed by atoms with Crippen LogP contribution >= 0.6 is 0 Å². The van der Waals surface area contributed by atoms with Crippen LogP contribution in [0, 0.1) is 5.41 Å². The molecule has 80 valence electrons. The summed E-state index contributed by atoms with van der Waals surface area (Å²) in [6, 6.07) is 0.889. The summed E-state index contributed by atoms with van der Waals surface area (Å²) < 4.78 is 0. The van der Waals surface area contributed by atoms with Gasteiger partial charge in [-0.25, -0.2) is 0 Å². The van der Waals surface area contributed by atoms with Gasteiger partial charge in [-0.15, -0.1) is 0 Å². The summed E-state index contributed by atoms with van der Waals surface area (Å²) in [5.74, 6) is 0. The zero-order valence-corrected chi connectivity index (χ0v) is 9.71. The van der Waals surface area contributed by atoms with Gasteiger partial charge in [0.2, 0.25) is 0 Å². The molecule has 1 aliphatic carbocycles. The van der Waals surface area contributed by atoms with Crippen LogP contribution < -0.4 is 0 Å². The summed E-state index contributed by atoms with van der Waals surface area (Å²) in [5.41, 5.74) is 1.22. The number of hydrogen-bond donors (Lipinski definition) is 0. The zero-order chi connectivity index (χ0) is 9.97. The summed E-state index contributed by atoms with van der Waals surface area (Å²) in [5, 5.41) is 0. The van der Waals surface area contributed by atoms with Crippen molar-refractivity contribution >= 4 is 0 Å². The van der Waals surface area contributed by atoms with Crippen molar-refractivity contribution < 1.29 is 0 Å². The lowest BCUT2D eigenvalue weighted by molar-refractivity contribution is -0.0711. The van der Waals surface area contributed by atoms with Crippen LogP contribution in [-0.4, -0.2) is 47.6 Å². The Kier molecular flexibility index (Phi) is 1.66. The normalized spacial score (nSPS) is 32.8. The first-order valence-electron chi connectivity index (χ1n) is 5.98. The highest BCUT2D eigenvalue weighted by Gasteiger charge is 2.55. The summed E-state index contributed by atoms with van der Waals surface area (Å²) in [4.78, 5) is 5.30. The number of hydrogen-bond acceptors (Lipinski definition) is 2. The summed E-state index contributed by atoms with van der Waals surface area (Å²) >= 11 is 0.